The normalized spacial score (nSPS) is 11.8. The molecule has 3 aromatic rings. The van der Waals surface area contributed by atoms with Gasteiger partial charge < -0.3 is 15.2 Å². The van der Waals surface area contributed by atoms with Crippen LogP contribution in [-0.4, -0.2) is 32.3 Å². The highest BCUT2D eigenvalue weighted by Gasteiger charge is 2.20. The van der Waals surface area contributed by atoms with Gasteiger partial charge >= 0.3 is 0 Å². The van der Waals surface area contributed by atoms with E-state index in [0.717, 1.165) is 11.3 Å². The molecule has 0 unspecified atom stereocenters. The average molecular weight is 492 g/mol. The van der Waals surface area contributed by atoms with Crippen LogP contribution in [0.25, 0.3) is 0 Å². The smallest absolute Gasteiger partial charge is 0.251 e. The second-order valence-corrected chi connectivity index (χ2v) is 8.87. The fourth-order valence-corrected chi connectivity index (χ4v) is 4.08. The minimum atomic E-state index is -0.403. The summed E-state index contributed by atoms with van der Waals surface area (Å²) in [7, 11) is 0. The molecule has 2 amide bonds. The van der Waals surface area contributed by atoms with E-state index in [1.54, 1.807) is 12.1 Å². The molecule has 7 nitrogen and oxygen atoms in total. The average Bonchev–Trinajstić information content (AvgIpc) is 3.19. The van der Waals surface area contributed by atoms with Crippen LogP contribution in [0.2, 0.25) is 10.0 Å². The number of carbonyl (C=O) groups excluding carboxylic acids is 2. The van der Waals surface area contributed by atoms with Crippen molar-refractivity contribution in [3.63, 3.8) is 0 Å². The van der Waals surface area contributed by atoms with Gasteiger partial charge in [-0.1, -0.05) is 52.7 Å². The van der Waals surface area contributed by atoms with Crippen LogP contribution in [0.5, 0.6) is 0 Å². The number of aromatic nitrogens is 3. The Bertz CT molecular complexity index is 1120. The molecule has 0 aliphatic rings. The Morgan fingerprint density at radius 1 is 1.09 bits per heavy atom. The standard InChI is InChI=1S/C22H23Cl2N5O2S/c1-4-29-20(14(3)25-21(31)15-7-10-17(23)18(24)11-15)27-28-22(29)32-12-19(30)26-16-8-5-13(2)6-9-16/h5-11,14H,4,12H2,1-3H3,(H,25,31)(H,26,30)/t14-/m0/s1. The molecule has 1 atom stereocenters. The molecule has 0 saturated carbocycles. The summed E-state index contributed by atoms with van der Waals surface area (Å²) in [5.41, 5.74) is 2.27. The number of rotatable bonds is 8. The summed E-state index contributed by atoms with van der Waals surface area (Å²) in [4.78, 5) is 24.9. The predicted octanol–water partition coefficient (Wildman–Crippen LogP) is 5.14. The SMILES string of the molecule is CCn1c(SCC(=O)Nc2ccc(C)cc2)nnc1[C@H](C)NC(=O)c1ccc(Cl)c(Cl)c1. The van der Waals surface area contributed by atoms with Gasteiger partial charge in [0.05, 0.1) is 21.8 Å². The molecule has 0 radical (unpaired) electrons. The summed E-state index contributed by atoms with van der Waals surface area (Å²) in [6.07, 6.45) is 0. The zero-order valence-electron chi connectivity index (χ0n) is 17.9. The number of aryl methyl sites for hydroxylation is 1. The van der Waals surface area contributed by atoms with Crippen LogP contribution < -0.4 is 10.6 Å². The minimum absolute atomic E-state index is 0.132. The Hall–Kier alpha value is -2.55. The van der Waals surface area contributed by atoms with Crippen LogP contribution in [0.4, 0.5) is 5.69 Å². The van der Waals surface area contributed by atoms with E-state index in [0.29, 0.717) is 33.1 Å². The molecule has 0 aliphatic heterocycles. The molecule has 0 bridgehead atoms. The second kappa shape index (κ2) is 10.8. The van der Waals surface area contributed by atoms with Crippen LogP contribution >= 0.6 is 35.0 Å². The van der Waals surface area contributed by atoms with E-state index < -0.39 is 6.04 Å². The minimum Gasteiger partial charge on any atom is -0.342 e. The second-order valence-electron chi connectivity index (χ2n) is 7.11. The summed E-state index contributed by atoms with van der Waals surface area (Å²) in [5.74, 6) is 0.360. The Kier molecular flexibility index (Phi) is 8.17. The van der Waals surface area contributed by atoms with Crippen LogP contribution in [0, 0.1) is 6.92 Å². The van der Waals surface area contributed by atoms with Gasteiger partial charge in [0.2, 0.25) is 5.91 Å². The number of halogens is 2. The molecule has 168 valence electrons. The van der Waals surface area contributed by atoms with Gasteiger partial charge in [-0.15, -0.1) is 10.2 Å². The molecule has 1 aromatic heterocycles. The van der Waals surface area contributed by atoms with Crippen molar-refractivity contribution in [1.82, 2.24) is 20.1 Å². The molecule has 32 heavy (non-hydrogen) atoms. The zero-order valence-corrected chi connectivity index (χ0v) is 20.2. The number of amides is 2. The van der Waals surface area contributed by atoms with E-state index in [1.807, 2.05) is 49.6 Å². The van der Waals surface area contributed by atoms with Crippen molar-refractivity contribution < 1.29 is 9.59 Å². The lowest BCUT2D eigenvalue weighted by Gasteiger charge is -2.15. The Labute approximate surface area is 200 Å². The maximum absolute atomic E-state index is 12.6. The number of anilines is 1. The molecule has 0 aliphatic carbocycles. The molecule has 1 heterocycles. The van der Waals surface area contributed by atoms with Gasteiger partial charge in [-0.2, -0.15) is 0 Å². The third-order valence-electron chi connectivity index (χ3n) is 4.65. The Morgan fingerprint density at radius 3 is 2.47 bits per heavy atom. The van der Waals surface area contributed by atoms with E-state index in [2.05, 4.69) is 20.8 Å². The van der Waals surface area contributed by atoms with Gasteiger partial charge in [0.15, 0.2) is 11.0 Å². The first-order chi connectivity index (χ1) is 15.3. The highest BCUT2D eigenvalue weighted by Crippen LogP contribution is 2.24. The van der Waals surface area contributed by atoms with E-state index in [9.17, 15) is 9.59 Å². The number of nitrogens with one attached hydrogen (secondary N) is 2. The first-order valence-electron chi connectivity index (χ1n) is 9.96. The summed E-state index contributed by atoms with van der Waals surface area (Å²) in [6.45, 7) is 6.36. The van der Waals surface area contributed by atoms with Crippen molar-refractivity contribution in [1.29, 1.82) is 0 Å². The number of nitrogens with zero attached hydrogens (tertiary/aromatic N) is 3. The van der Waals surface area contributed by atoms with Gasteiger partial charge in [0.25, 0.3) is 5.91 Å². The third kappa shape index (κ3) is 6.03. The van der Waals surface area contributed by atoms with Crippen LogP contribution in [0.15, 0.2) is 47.6 Å². The van der Waals surface area contributed by atoms with Crippen molar-refractivity contribution in [3.8, 4) is 0 Å². The molecular formula is C22H23Cl2N5O2S. The molecule has 3 rings (SSSR count). The van der Waals surface area contributed by atoms with E-state index >= 15 is 0 Å². The van der Waals surface area contributed by atoms with Crippen LogP contribution in [0.1, 0.15) is 41.6 Å². The van der Waals surface area contributed by atoms with E-state index in [-0.39, 0.29) is 17.6 Å². The first kappa shape index (κ1) is 24.1. The quantitative estimate of drug-likeness (QED) is 0.426. The first-order valence-corrected chi connectivity index (χ1v) is 11.7. The highest BCUT2D eigenvalue weighted by molar-refractivity contribution is 7.99. The summed E-state index contributed by atoms with van der Waals surface area (Å²) in [5, 5.41) is 15.5. The van der Waals surface area contributed by atoms with Crippen molar-refractivity contribution in [2.24, 2.45) is 0 Å². The van der Waals surface area contributed by atoms with E-state index in [1.165, 1.54) is 17.8 Å². The van der Waals surface area contributed by atoms with Crippen molar-refractivity contribution in [3.05, 3.63) is 69.5 Å². The third-order valence-corrected chi connectivity index (χ3v) is 6.35. The van der Waals surface area contributed by atoms with Crippen molar-refractivity contribution in [2.75, 3.05) is 11.1 Å². The van der Waals surface area contributed by atoms with Gasteiger partial charge in [-0.05, 0) is 51.1 Å². The molecule has 0 spiro atoms. The Balaban J connectivity index is 1.62. The maximum Gasteiger partial charge on any atom is 0.251 e. The summed E-state index contributed by atoms with van der Waals surface area (Å²) < 4.78 is 1.88. The zero-order chi connectivity index (χ0) is 23.3. The number of hydrogen-bond donors (Lipinski definition) is 2. The molecule has 0 fully saturated rings. The Morgan fingerprint density at radius 2 is 1.81 bits per heavy atom. The maximum atomic E-state index is 12.6. The van der Waals surface area contributed by atoms with Gasteiger partial charge in [0, 0.05) is 17.8 Å². The molecule has 2 N–H and O–H groups in total. The number of benzene rings is 2. The fourth-order valence-electron chi connectivity index (χ4n) is 2.97. The number of carbonyl (C=O) groups is 2. The van der Waals surface area contributed by atoms with Crippen molar-refractivity contribution in [2.45, 2.75) is 38.5 Å². The fraction of sp³-hybridized carbons (Fsp3) is 0.273. The molecular weight excluding hydrogens is 469 g/mol. The number of thioether (sulfide) groups is 1. The van der Waals surface area contributed by atoms with Crippen LogP contribution in [-0.2, 0) is 11.3 Å². The monoisotopic (exact) mass is 491 g/mol. The topological polar surface area (TPSA) is 88.9 Å². The molecule has 10 heteroatoms. The molecule has 2 aromatic carbocycles. The van der Waals surface area contributed by atoms with Crippen LogP contribution in [0.3, 0.4) is 0 Å². The van der Waals surface area contributed by atoms with Gasteiger partial charge in [0.1, 0.15) is 0 Å². The van der Waals surface area contributed by atoms with Gasteiger partial charge in [-0.25, -0.2) is 0 Å². The lowest BCUT2D eigenvalue weighted by atomic mass is 10.2. The number of hydrogen-bond acceptors (Lipinski definition) is 5. The molecule has 0 saturated heterocycles. The lowest BCUT2D eigenvalue weighted by Crippen LogP contribution is -2.28. The summed E-state index contributed by atoms with van der Waals surface area (Å²) in [6, 6.07) is 11.9. The lowest BCUT2D eigenvalue weighted by molar-refractivity contribution is -0.113. The largest absolute Gasteiger partial charge is 0.342 e. The summed E-state index contributed by atoms with van der Waals surface area (Å²) >= 11 is 13.2. The predicted molar refractivity (Wildman–Crippen MR) is 129 cm³/mol. The highest BCUT2D eigenvalue weighted by atomic mass is 35.5. The van der Waals surface area contributed by atoms with Crippen molar-refractivity contribution >= 4 is 52.5 Å². The van der Waals surface area contributed by atoms with E-state index in [4.69, 9.17) is 23.2 Å². The van der Waals surface area contributed by atoms with Gasteiger partial charge in [-0.3, -0.25) is 9.59 Å².